The first-order valence-corrected chi connectivity index (χ1v) is 13.4. The van der Waals surface area contributed by atoms with Gasteiger partial charge in [-0.05, 0) is 24.3 Å². The van der Waals surface area contributed by atoms with Crippen molar-refractivity contribution < 1.29 is 49.3 Å². The van der Waals surface area contributed by atoms with Crippen LogP contribution in [0.2, 0.25) is 0 Å². The number of non-ortho nitro benzene ring substituents is 2. The van der Waals surface area contributed by atoms with Crippen molar-refractivity contribution >= 4 is 31.4 Å². The van der Waals surface area contributed by atoms with Crippen LogP contribution in [0, 0.1) is 20.2 Å². The van der Waals surface area contributed by atoms with Crippen LogP contribution >= 0.6 is 0 Å². The van der Waals surface area contributed by atoms with Crippen molar-refractivity contribution in [3.05, 3.63) is 68.8 Å². The Labute approximate surface area is 216 Å². The molecule has 212 valence electrons. The van der Waals surface area contributed by atoms with Crippen LogP contribution in [-0.2, 0) is 24.8 Å². The summed E-state index contributed by atoms with van der Waals surface area (Å²) in [7, 11) is -9.66. The normalized spacial score (nSPS) is 24.7. The van der Waals surface area contributed by atoms with Gasteiger partial charge in [-0.3, -0.25) is 20.2 Å². The molecule has 39 heavy (non-hydrogen) atoms. The number of ether oxygens (including phenoxy) is 1. The number of nitro benzene ring substituents is 2. The number of halogens is 4. The number of fused-ring (bicyclic) bond motifs is 2. The standard InChI is InChI=1S/C18H16F4N6O9S2/c19-27(20)17-9-23(38(33,34)15-5-1-13(2-6-15)25(29)30)10-18(37-17,28(21)22)12-24(11-17)39(35,36)16-7-3-14(4-8-16)26(31)32/h1-8H,9-12H2. The van der Waals surface area contributed by atoms with Gasteiger partial charge in [-0.25, -0.2) is 16.8 Å². The first-order valence-electron chi connectivity index (χ1n) is 10.5. The predicted octanol–water partition coefficient (Wildman–Crippen LogP) is 1.76. The first kappa shape index (κ1) is 28.7. The highest BCUT2D eigenvalue weighted by Crippen LogP contribution is 2.43. The van der Waals surface area contributed by atoms with Gasteiger partial charge in [0, 0.05) is 24.3 Å². The highest BCUT2D eigenvalue weighted by Gasteiger charge is 2.65. The first-order chi connectivity index (χ1) is 18.0. The number of nitro groups is 2. The molecule has 2 aliphatic rings. The van der Waals surface area contributed by atoms with E-state index in [1.807, 2.05) is 0 Å². The molecule has 2 aromatic rings. The zero-order chi connectivity index (χ0) is 29.0. The van der Waals surface area contributed by atoms with E-state index in [1.54, 1.807) is 0 Å². The van der Waals surface area contributed by atoms with Gasteiger partial charge in [0.2, 0.25) is 31.5 Å². The molecular weight excluding hydrogens is 584 g/mol. The Kier molecular flexibility index (Phi) is 7.12. The largest absolute Gasteiger partial charge is 0.323 e. The van der Waals surface area contributed by atoms with Crippen LogP contribution in [-0.4, -0.2) is 83.6 Å². The summed E-state index contributed by atoms with van der Waals surface area (Å²) in [6, 6.07) is 6.39. The predicted molar refractivity (Wildman–Crippen MR) is 118 cm³/mol. The summed E-state index contributed by atoms with van der Waals surface area (Å²) in [6.45, 7) is -5.27. The van der Waals surface area contributed by atoms with Gasteiger partial charge in [0.25, 0.3) is 11.4 Å². The lowest BCUT2D eigenvalue weighted by Crippen LogP contribution is -2.78. The van der Waals surface area contributed by atoms with Crippen LogP contribution in [0.4, 0.5) is 29.3 Å². The van der Waals surface area contributed by atoms with E-state index in [0.29, 0.717) is 0 Å². The van der Waals surface area contributed by atoms with Gasteiger partial charge in [0.15, 0.2) is 0 Å². The molecule has 2 saturated heterocycles. The molecule has 0 atom stereocenters. The summed E-state index contributed by atoms with van der Waals surface area (Å²) >= 11 is 0. The molecule has 0 unspecified atom stereocenters. The van der Waals surface area contributed by atoms with Crippen molar-refractivity contribution in [2.45, 2.75) is 21.2 Å². The Morgan fingerprint density at radius 2 is 0.949 bits per heavy atom. The van der Waals surface area contributed by atoms with Gasteiger partial charge in [-0.1, -0.05) is 17.9 Å². The Morgan fingerprint density at radius 1 is 0.667 bits per heavy atom. The molecule has 0 saturated carbocycles. The molecule has 4 rings (SSSR count). The fourth-order valence-electron chi connectivity index (χ4n) is 4.20. The maximum atomic E-state index is 14.3. The molecule has 0 aliphatic carbocycles. The summed E-state index contributed by atoms with van der Waals surface area (Å²) < 4.78 is 115. The van der Waals surface area contributed by atoms with Crippen molar-refractivity contribution in [2.75, 3.05) is 26.2 Å². The molecule has 2 bridgehead atoms. The second-order valence-corrected chi connectivity index (χ2v) is 12.4. The van der Waals surface area contributed by atoms with Crippen LogP contribution in [0.1, 0.15) is 0 Å². The molecular formula is C18H16F4N6O9S2. The van der Waals surface area contributed by atoms with Crippen molar-refractivity contribution in [3.63, 3.8) is 0 Å². The SMILES string of the molecule is O=[N+]([O-])c1ccc(S(=O)(=O)N2CC3(N(F)F)CN(S(=O)(=O)c4ccc([N+](=O)[O-])cc4)CC(N(F)F)(C2)O3)cc1. The van der Waals surface area contributed by atoms with Crippen molar-refractivity contribution in [3.8, 4) is 0 Å². The van der Waals surface area contributed by atoms with Crippen molar-refractivity contribution in [1.82, 2.24) is 19.3 Å². The fraction of sp³-hybridized carbons (Fsp3) is 0.333. The summed E-state index contributed by atoms with van der Waals surface area (Å²) in [5.74, 6) is 0. The lowest BCUT2D eigenvalue weighted by molar-refractivity contribution is -0.448. The second kappa shape index (κ2) is 9.69. The Bertz CT molecular complexity index is 1380. The summed E-state index contributed by atoms with van der Waals surface area (Å²) in [5.41, 5.74) is -7.45. The highest BCUT2D eigenvalue weighted by atomic mass is 32.2. The third-order valence-corrected chi connectivity index (χ3v) is 9.67. The van der Waals surface area contributed by atoms with E-state index in [0.717, 1.165) is 48.5 Å². The second-order valence-electron chi connectivity index (χ2n) is 8.51. The molecule has 0 aromatic heterocycles. The van der Waals surface area contributed by atoms with E-state index in [4.69, 9.17) is 4.74 Å². The van der Waals surface area contributed by atoms with Crippen molar-refractivity contribution in [2.24, 2.45) is 0 Å². The van der Waals surface area contributed by atoms with Gasteiger partial charge in [-0.15, -0.1) is 0 Å². The molecule has 0 amide bonds. The van der Waals surface area contributed by atoms with Crippen LogP contribution in [0.3, 0.4) is 0 Å². The Balaban J connectivity index is 1.75. The third-order valence-electron chi connectivity index (χ3n) is 6.06. The van der Waals surface area contributed by atoms with E-state index in [-0.39, 0.29) is 8.61 Å². The minimum absolute atomic E-state index is 0.242. The zero-order valence-electron chi connectivity index (χ0n) is 19.1. The topological polar surface area (TPSA) is 177 Å². The van der Waals surface area contributed by atoms with E-state index in [2.05, 4.69) is 0 Å². The minimum Gasteiger partial charge on any atom is -0.323 e. The number of sulfonamides is 2. The third kappa shape index (κ3) is 4.92. The zero-order valence-corrected chi connectivity index (χ0v) is 20.8. The molecule has 21 heteroatoms. The van der Waals surface area contributed by atoms with E-state index in [9.17, 15) is 55.0 Å². The smallest absolute Gasteiger partial charge is 0.269 e. The lowest BCUT2D eigenvalue weighted by Gasteiger charge is -2.55. The molecule has 15 nitrogen and oxygen atoms in total. The van der Waals surface area contributed by atoms with Crippen molar-refractivity contribution in [1.29, 1.82) is 0 Å². The van der Waals surface area contributed by atoms with Crippen LogP contribution < -0.4 is 0 Å². The number of rotatable bonds is 8. The number of hydrogen-bond acceptors (Lipinski definition) is 11. The van der Waals surface area contributed by atoms with Gasteiger partial charge in [0.05, 0.1) is 56.5 Å². The Hall–Kier alpha value is -3.34. The minimum atomic E-state index is -4.83. The fourth-order valence-corrected chi connectivity index (χ4v) is 7.24. The molecule has 2 heterocycles. The van der Waals surface area contributed by atoms with Crippen LogP contribution in [0.25, 0.3) is 0 Å². The van der Waals surface area contributed by atoms with Crippen LogP contribution in [0.15, 0.2) is 58.3 Å². The van der Waals surface area contributed by atoms with Gasteiger partial charge in [0.1, 0.15) is 0 Å². The number of morpholine rings is 2. The van der Waals surface area contributed by atoms with E-state index >= 15 is 0 Å². The Morgan fingerprint density at radius 3 is 1.18 bits per heavy atom. The summed E-state index contributed by atoms with van der Waals surface area (Å²) in [6.07, 6.45) is 0. The highest BCUT2D eigenvalue weighted by molar-refractivity contribution is 7.89. The average molecular weight is 600 g/mol. The maximum Gasteiger partial charge on any atom is 0.269 e. The molecule has 0 spiro atoms. The van der Waals surface area contributed by atoms with Gasteiger partial charge in [-0.2, -0.15) is 8.61 Å². The summed E-state index contributed by atoms with van der Waals surface area (Å²) in [4.78, 5) is 18.8. The van der Waals surface area contributed by atoms with Gasteiger partial charge >= 0.3 is 0 Å². The monoisotopic (exact) mass is 600 g/mol. The molecule has 2 aromatic carbocycles. The van der Waals surface area contributed by atoms with Gasteiger partial charge < -0.3 is 4.74 Å². The molecule has 0 N–H and O–H groups in total. The number of hydrogen-bond donors (Lipinski definition) is 0. The van der Waals surface area contributed by atoms with Crippen LogP contribution in [0.5, 0.6) is 0 Å². The quantitative estimate of drug-likeness (QED) is 0.187. The molecule has 2 fully saturated rings. The lowest BCUT2D eigenvalue weighted by atomic mass is 10.0. The summed E-state index contributed by atoms with van der Waals surface area (Å²) in [5, 5.41) is 18.3. The number of benzene rings is 2. The maximum absolute atomic E-state index is 14.3. The molecule has 2 aliphatic heterocycles. The average Bonchev–Trinajstić information content (AvgIpc) is 2.88. The number of nitrogens with zero attached hydrogens (tertiary/aromatic N) is 6. The molecule has 0 radical (unpaired) electrons. The van der Waals surface area contributed by atoms with E-state index < -0.39 is 99.4 Å². The van der Waals surface area contributed by atoms with E-state index in [1.165, 1.54) is 0 Å².